The van der Waals surface area contributed by atoms with Crippen LogP contribution >= 0.6 is 34.8 Å². The molecule has 1 N–H and O–H groups in total. The molecule has 0 radical (unpaired) electrons. The lowest BCUT2D eigenvalue weighted by Crippen LogP contribution is -2.20. The molecule has 0 saturated heterocycles. The first kappa shape index (κ1) is 15.9. The summed E-state index contributed by atoms with van der Waals surface area (Å²) in [4.78, 5) is 11.7. The van der Waals surface area contributed by atoms with Crippen LogP contribution in [0.5, 0.6) is 5.75 Å². The minimum Gasteiger partial charge on any atom is -0.482 e. The molecule has 0 spiro atoms. The van der Waals surface area contributed by atoms with Crippen LogP contribution in [-0.2, 0) is 4.79 Å². The average Bonchev–Trinajstić information content (AvgIpc) is 2.44. The summed E-state index contributed by atoms with van der Waals surface area (Å²) in [5, 5.41) is 3.01. The molecule has 0 saturated carbocycles. The van der Waals surface area contributed by atoms with Crippen LogP contribution < -0.4 is 10.1 Å². The number of amides is 1. The lowest BCUT2D eigenvalue weighted by atomic mass is 10.3. The first-order valence-corrected chi connectivity index (χ1v) is 6.92. The third kappa shape index (κ3) is 4.24. The van der Waals surface area contributed by atoms with Gasteiger partial charge in [0.25, 0.3) is 5.91 Å². The molecule has 0 bridgehead atoms. The van der Waals surface area contributed by atoms with Crippen molar-refractivity contribution in [3.63, 3.8) is 0 Å². The number of carbonyl (C=O) groups excluding carboxylic acids is 1. The summed E-state index contributed by atoms with van der Waals surface area (Å²) in [5.41, 5.74) is 0.368. The van der Waals surface area contributed by atoms with E-state index in [-0.39, 0.29) is 16.7 Å². The topological polar surface area (TPSA) is 38.3 Å². The Balaban J connectivity index is 1.96. The standard InChI is InChI=1S/C14H9Cl3FNO2/c15-9-2-1-3-12(14(9)17)21-7-13(20)19-8-4-5-11(18)10(16)6-8/h1-6H,7H2,(H,19,20). The van der Waals surface area contributed by atoms with Crippen LogP contribution in [0.25, 0.3) is 0 Å². The molecule has 2 aromatic rings. The number of nitrogens with one attached hydrogen (secondary N) is 1. The zero-order valence-corrected chi connectivity index (χ0v) is 12.8. The molecule has 0 aliphatic rings. The zero-order chi connectivity index (χ0) is 15.4. The average molecular weight is 349 g/mol. The Hall–Kier alpha value is -1.49. The summed E-state index contributed by atoms with van der Waals surface area (Å²) in [6.07, 6.45) is 0. The minimum atomic E-state index is -0.559. The van der Waals surface area contributed by atoms with Gasteiger partial charge in [-0.1, -0.05) is 40.9 Å². The number of halogens is 4. The number of benzene rings is 2. The van der Waals surface area contributed by atoms with E-state index in [9.17, 15) is 9.18 Å². The second-order valence-electron chi connectivity index (χ2n) is 4.02. The Morgan fingerprint density at radius 1 is 1.14 bits per heavy atom. The lowest BCUT2D eigenvalue weighted by molar-refractivity contribution is -0.118. The van der Waals surface area contributed by atoms with Crippen LogP contribution in [-0.4, -0.2) is 12.5 Å². The van der Waals surface area contributed by atoms with Crippen LogP contribution in [0.2, 0.25) is 15.1 Å². The summed E-state index contributed by atoms with van der Waals surface area (Å²) in [5.74, 6) is -0.693. The molecule has 2 aromatic carbocycles. The monoisotopic (exact) mass is 347 g/mol. The SMILES string of the molecule is O=C(COc1cccc(Cl)c1Cl)Nc1ccc(F)c(Cl)c1. The van der Waals surface area contributed by atoms with Crippen molar-refractivity contribution in [3.8, 4) is 5.75 Å². The molecule has 3 nitrogen and oxygen atoms in total. The first-order valence-electron chi connectivity index (χ1n) is 5.79. The second-order valence-corrected chi connectivity index (χ2v) is 5.21. The maximum atomic E-state index is 13.0. The van der Waals surface area contributed by atoms with Gasteiger partial charge in [0.05, 0.1) is 10.0 Å². The fourth-order valence-electron chi connectivity index (χ4n) is 1.51. The third-order valence-corrected chi connectivity index (χ3v) is 3.57. The molecule has 0 atom stereocenters. The Bertz CT molecular complexity index is 679. The van der Waals surface area contributed by atoms with Gasteiger partial charge in [-0.05, 0) is 30.3 Å². The molecular formula is C14H9Cl3FNO2. The van der Waals surface area contributed by atoms with E-state index in [2.05, 4.69) is 5.32 Å². The van der Waals surface area contributed by atoms with Crippen molar-refractivity contribution in [3.05, 3.63) is 57.3 Å². The van der Waals surface area contributed by atoms with Crippen molar-refractivity contribution in [2.24, 2.45) is 0 Å². The molecule has 0 unspecified atom stereocenters. The summed E-state index contributed by atoms with van der Waals surface area (Å²) in [6.45, 7) is -0.269. The molecule has 1 amide bonds. The van der Waals surface area contributed by atoms with Gasteiger partial charge in [-0.3, -0.25) is 4.79 Å². The van der Waals surface area contributed by atoms with E-state index in [1.165, 1.54) is 12.1 Å². The van der Waals surface area contributed by atoms with Gasteiger partial charge in [0, 0.05) is 5.69 Å². The van der Waals surface area contributed by atoms with E-state index in [1.807, 2.05) is 0 Å². The molecule has 0 aliphatic carbocycles. The second kappa shape index (κ2) is 6.98. The van der Waals surface area contributed by atoms with Crippen molar-refractivity contribution in [2.75, 3.05) is 11.9 Å². The quantitative estimate of drug-likeness (QED) is 0.861. The maximum absolute atomic E-state index is 13.0. The molecular weight excluding hydrogens is 340 g/mol. The van der Waals surface area contributed by atoms with Crippen molar-refractivity contribution in [2.45, 2.75) is 0 Å². The number of rotatable bonds is 4. The van der Waals surface area contributed by atoms with Crippen LogP contribution in [0.3, 0.4) is 0 Å². The van der Waals surface area contributed by atoms with E-state index in [1.54, 1.807) is 18.2 Å². The number of anilines is 1. The van der Waals surface area contributed by atoms with E-state index >= 15 is 0 Å². The zero-order valence-electron chi connectivity index (χ0n) is 10.5. The van der Waals surface area contributed by atoms with Gasteiger partial charge in [0.15, 0.2) is 6.61 Å². The predicted octanol–water partition coefficient (Wildman–Crippen LogP) is 4.80. The highest BCUT2D eigenvalue weighted by Crippen LogP contribution is 2.31. The Morgan fingerprint density at radius 2 is 1.90 bits per heavy atom. The van der Waals surface area contributed by atoms with Crippen molar-refractivity contribution < 1.29 is 13.9 Å². The van der Waals surface area contributed by atoms with E-state index in [4.69, 9.17) is 39.5 Å². The highest BCUT2D eigenvalue weighted by atomic mass is 35.5. The summed E-state index contributed by atoms with van der Waals surface area (Å²) in [6, 6.07) is 8.72. The first-order chi connectivity index (χ1) is 9.97. The molecule has 0 aromatic heterocycles. The smallest absolute Gasteiger partial charge is 0.262 e. The van der Waals surface area contributed by atoms with Gasteiger partial charge < -0.3 is 10.1 Å². The molecule has 110 valence electrons. The minimum absolute atomic E-state index is 0.0772. The molecule has 0 aliphatic heterocycles. The molecule has 2 rings (SSSR count). The van der Waals surface area contributed by atoms with Crippen molar-refractivity contribution in [1.82, 2.24) is 0 Å². The number of hydrogen-bond acceptors (Lipinski definition) is 2. The highest BCUT2D eigenvalue weighted by molar-refractivity contribution is 6.42. The molecule has 0 heterocycles. The summed E-state index contributed by atoms with van der Waals surface area (Å²) in [7, 11) is 0. The number of carbonyl (C=O) groups is 1. The molecule has 7 heteroatoms. The Labute approximate surface area is 135 Å². The fourth-order valence-corrected chi connectivity index (χ4v) is 2.04. The fraction of sp³-hybridized carbons (Fsp3) is 0.0714. The van der Waals surface area contributed by atoms with Crippen LogP contribution in [0, 0.1) is 5.82 Å². The largest absolute Gasteiger partial charge is 0.482 e. The molecule has 0 fully saturated rings. The lowest BCUT2D eigenvalue weighted by Gasteiger charge is -2.09. The van der Waals surface area contributed by atoms with E-state index in [0.717, 1.165) is 6.07 Å². The van der Waals surface area contributed by atoms with Crippen LogP contribution in [0.15, 0.2) is 36.4 Å². The van der Waals surface area contributed by atoms with Crippen molar-refractivity contribution in [1.29, 1.82) is 0 Å². The van der Waals surface area contributed by atoms with Gasteiger partial charge in [-0.2, -0.15) is 0 Å². The number of ether oxygens (including phenoxy) is 1. The molecule has 21 heavy (non-hydrogen) atoms. The van der Waals surface area contributed by atoms with E-state index < -0.39 is 11.7 Å². The summed E-state index contributed by atoms with van der Waals surface area (Å²) < 4.78 is 18.3. The number of hydrogen-bond donors (Lipinski definition) is 1. The van der Waals surface area contributed by atoms with Gasteiger partial charge in [-0.15, -0.1) is 0 Å². The Morgan fingerprint density at radius 3 is 2.62 bits per heavy atom. The Kier molecular flexibility index (Phi) is 5.28. The predicted molar refractivity (Wildman–Crippen MR) is 82.0 cm³/mol. The van der Waals surface area contributed by atoms with Crippen LogP contribution in [0.4, 0.5) is 10.1 Å². The van der Waals surface area contributed by atoms with Gasteiger partial charge in [-0.25, -0.2) is 4.39 Å². The van der Waals surface area contributed by atoms with E-state index in [0.29, 0.717) is 16.5 Å². The van der Waals surface area contributed by atoms with Gasteiger partial charge >= 0.3 is 0 Å². The normalized spacial score (nSPS) is 10.3. The summed E-state index contributed by atoms with van der Waals surface area (Å²) >= 11 is 17.4. The van der Waals surface area contributed by atoms with Gasteiger partial charge in [0.2, 0.25) is 0 Å². The third-order valence-electron chi connectivity index (χ3n) is 2.48. The van der Waals surface area contributed by atoms with Crippen LogP contribution in [0.1, 0.15) is 0 Å². The maximum Gasteiger partial charge on any atom is 0.262 e. The highest BCUT2D eigenvalue weighted by Gasteiger charge is 2.09. The van der Waals surface area contributed by atoms with Gasteiger partial charge in [0.1, 0.15) is 16.6 Å². The van der Waals surface area contributed by atoms with Crippen molar-refractivity contribution >= 4 is 46.4 Å².